The van der Waals surface area contributed by atoms with Crippen molar-refractivity contribution in [2.45, 2.75) is 4.90 Å². The van der Waals surface area contributed by atoms with Gasteiger partial charge in [-0.1, -0.05) is 6.07 Å². The first-order valence-electron chi connectivity index (χ1n) is 7.50. The second-order valence-corrected chi connectivity index (χ2v) is 7.31. The summed E-state index contributed by atoms with van der Waals surface area (Å²) in [7, 11) is -0.815. The Bertz CT molecular complexity index is 915. The molecular formula is C17H19FN2O5S. The Morgan fingerprint density at radius 3 is 2.42 bits per heavy atom. The zero-order valence-corrected chi connectivity index (χ0v) is 15.3. The molecule has 0 unspecified atom stereocenters. The van der Waals surface area contributed by atoms with Crippen LogP contribution in [-0.2, 0) is 14.6 Å². The molecule has 0 aliphatic heterocycles. The summed E-state index contributed by atoms with van der Waals surface area (Å²) in [6.45, 7) is -0.250. The van der Waals surface area contributed by atoms with Crippen molar-refractivity contribution in [3.8, 4) is 11.5 Å². The topological polar surface area (TPSA) is 93.7 Å². The quantitative estimate of drug-likeness (QED) is 0.763. The summed E-state index contributed by atoms with van der Waals surface area (Å²) in [6.07, 6.45) is 0.903. The minimum Gasteiger partial charge on any atom is -0.493 e. The number of sulfone groups is 1. The van der Waals surface area contributed by atoms with Gasteiger partial charge in [0.1, 0.15) is 10.7 Å². The smallest absolute Gasteiger partial charge is 0.243 e. The van der Waals surface area contributed by atoms with Crippen LogP contribution in [0.5, 0.6) is 11.5 Å². The summed E-state index contributed by atoms with van der Waals surface area (Å²) in [5.74, 6) is -0.359. The predicted octanol–water partition coefficient (Wildman–Crippen LogP) is 2.30. The molecule has 140 valence electrons. The lowest BCUT2D eigenvalue weighted by atomic mass is 10.2. The predicted molar refractivity (Wildman–Crippen MR) is 96.2 cm³/mol. The molecule has 0 spiro atoms. The van der Waals surface area contributed by atoms with E-state index in [1.807, 2.05) is 0 Å². The van der Waals surface area contributed by atoms with E-state index in [2.05, 4.69) is 10.6 Å². The zero-order valence-electron chi connectivity index (χ0n) is 14.5. The molecule has 26 heavy (non-hydrogen) atoms. The molecule has 0 saturated carbocycles. The first kappa shape index (κ1) is 19.5. The average molecular weight is 382 g/mol. The van der Waals surface area contributed by atoms with Crippen molar-refractivity contribution in [3.63, 3.8) is 0 Å². The van der Waals surface area contributed by atoms with Crippen LogP contribution in [0.25, 0.3) is 0 Å². The third-order valence-electron chi connectivity index (χ3n) is 3.44. The molecule has 0 saturated heterocycles. The maximum Gasteiger partial charge on any atom is 0.243 e. The van der Waals surface area contributed by atoms with Gasteiger partial charge in [0.15, 0.2) is 21.3 Å². The summed E-state index contributed by atoms with van der Waals surface area (Å²) in [6, 6.07) is 8.65. The fourth-order valence-corrected chi connectivity index (χ4v) is 3.28. The van der Waals surface area contributed by atoms with Crippen LogP contribution >= 0.6 is 0 Å². The number of anilines is 2. The normalized spacial score (nSPS) is 10.9. The molecule has 0 aromatic heterocycles. The number of hydrogen-bond acceptors (Lipinski definition) is 6. The van der Waals surface area contributed by atoms with E-state index in [1.165, 1.54) is 26.4 Å². The van der Waals surface area contributed by atoms with Crippen molar-refractivity contribution >= 4 is 27.1 Å². The van der Waals surface area contributed by atoms with Crippen molar-refractivity contribution < 1.29 is 27.1 Å². The van der Waals surface area contributed by atoms with Gasteiger partial charge >= 0.3 is 0 Å². The van der Waals surface area contributed by atoms with Crippen LogP contribution in [-0.4, -0.2) is 41.3 Å². The largest absolute Gasteiger partial charge is 0.493 e. The number of benzene rings is 2. The highest BCUT2D eigenvalue weighted by Gasteiger charge is 2.19. The van der Waals surface area contributed by atoms with Gasteiger partial charge in [-0.05, 0) is 24.3 Å². The van der Waals surface area contributed by atoms with E-state index in [-0.39, 0.29) is 12.2 Å². The van der Waals surface area contributed by atoms with Crippen molar-refractivity contribution in [2.24, 2.45) is 0 Å². The van der Waals surface area contributed by atoms with E-state index in [9.17, 15) is 17.6 Å². The van der Waals surface area contributed by atoms with E-state index in [4.69, 9.17) is 9.47 Å². The first-order valence-corrected chi connectivity index (χ1v) is 9.39. The molecule has 2 rings (SSSR count). The minimum absolute atomic E-state index is 0.0231. The maximum absolute atomic E-state index is 13.8. The van der Waals surface area contributed by atoms with Crippen LogP contribution < -0.4 is 20.1 Å². The Balaban J connectivity index is 2.10. The molecule has 1 amide bonds. The number of nitrogens with one attached hydrogen (secondary N) is 2. The Labute approximate surface area is 151 Å². The Morgan fingerprint density at radius 1 is 1.12 bits per heavy atom. The number of amides is 1. The van der Waals surface area contributed by atoms with Gasteiger partial charge in [-0.25, -0.2) is 12.8 Å². The lowest BCUT2D eigenvalue weighted by Crippen LogP contribution is -2.22. The Kier molecular flexibility index (Phi) is 6.04. The summed E-state index contributed by atoms with van der Waals surface area (Å²) >= 11 is 0. The van der Waals surface area contributed by atoms with Gasteiger partial charge < -0.3 is 20.1 Å². The molecule has 2 aromatic carbocycles. The molecule has 9 heteroatoms. The number of ether oxygens (including phenoxy) is 2. The first-order chi connectivity index (χ1) is 12.3. The molecule has 0 bridgehead atoms. The number of rotatable bonds is 7. The van der Waals surface area contributed by atoms with Crippen LogP contribution in [0.2, 0.25) is 0 Å². The van der Waals surface area contributed by atoms with E-state index in [1.54, 1.807) is 18.2 Å². The number of methoxy groups -OCH3 is 2. The standard InChI is InChI=1S/C17H19FN2O5S/c1-24-14-8-7-11(9-15(14)25-2)20-16(21)10-19-13-6-4-5-12(18)17(13)26(3,22)23/h4-9,19H,10H2,1-3H3,(H,20,21). The van der Waals surface area contributed by atoms with Gasteiger partial charge in [-0.3, -0.25) is 4.79 Å². The molecule has 0 fully saturated rings. The van der Waals surface area contributed by atoms with Crippen molar-refractivity contribution in [2.75, 3.05) is 37.7 Å². The van der Waals surface area contributed by atoms with Crippen LogP contribution in [0.4, 0.5) is 15.8 Å². The molecule has 7 nitrogen and oxygen atoms in total. The molecule has 0 radical (unpaired) electrons. The second-order valence-electron chi connectivity index (χ2n) is 5.36. The van der Waals surface area contributed by atoms with Crippen molar-refractivity contribution in [1.29, 1.82) is 0 Å². The minimum atomic E-state index is -3.79. The second kappa shape index (κ2) is 8.05. The number of halogens is 1. The zero-order chi connectivity index (χ0) is 19.3. The number of carbonyl (C=O) groups excluding carboxylic acids is 1. The summed E-state index contributed by atoms with van der Waals surface area (Å²) in [5.41, 5.74) is 0.493. The van der Waals surface area contributed by atoms with E-state index >= 15 is 0 Å². The van der Waals surface area contributed by atoms with E-state index in [0.29, 0.717) is 17.2 Å². The SMILES string of the molecule is COc1ccc(NC(=O)CNc2cccc(F)c2S(C)(=O)=O)cc1OC. The molecule has 2 aromatic rings. The molecule has 0 aliphatic rings. The van der Waals surface area contributed by atoms with Gasteiger partial charge in [0.05, 0.1) is 26.5 Å². The van der Waals surface area contributed by atoms with Crippen LogP contribution in [0.1, 0.15) is 0 Å². The van der Waals surface area contributed by atoms with E-state index < -0.39 is 26.5 Å². The van der Waals surface area contributed by atoms with Crippen LogP contribution in [0, 0.1) is 5.82 Å². The monoisotopic (exact) mass is 382 g/mol. The molecule has 0 atom stereocenters. The van der Waals surface area contributed by atoms with Crippen LogP contribution in [0.3, 0.4) is 0 Å². The molecule has 2 N–H and O–H groups in total. The van der Waals surface area contributed by atoms with Gasteiger partial charge in [-0.15, -0.1) is 0 Å². The van der Waals surface area contributed by atoms with Crippen LogP contribution in [0.15, 0.2) is 41.3 Å². The van der Waals surface area contributed by atoms with Crippen molar-refractivity contribution in [1.82, 2.24) is 0 Å². The Hall–Kier alpha value is -2.81. The lowest BCUT2D eigenvalue weighted by molar-refractivity contribution is -0.114. The Morgan fingerprint density at radius 2 is 1.81 bits per heavy atom. The third kappa shape index (κ3) is 4.63. The van der Waals surface area contributed by atoms with Gasteiger partial charge in [0.25, 0.3) is 0 Å². The fraction of sp³-hybridized carbons (Fsp3) is 0.235. The highest BCUT2D eigenvalue weighted by atomic mass is 32.2. The summed E-state index contributed by atoms with van der Waals surface area (Å²) in [5, 5.41) is 5.28. The van der Waals surface area contributed by atoms with Gasteiger partial charge in [0, 0.05) is 18.0 Å². The maximum atomic E-state index is 13.8. The van der Waals surface area contributed by atoms with Gasteiger partial charge in [0.2, 0.25) is 5.91 Å². The van der Waals surface area contributed by atoms with Crippen molar-refractivity contribution in [3.05, 3.63) is 42.2 Å². The molecular weight excluding hydrogens is 363 g/mol. The molecule has 0 aliphatic carbocycles. The lowest BCUT2D eigenvalue weighted by Gasteiger charge is -2.13. The van der Waals surface area contributed by atoms with Gasteiger partial charge in [-0.2, -0.15) is 0 Å². The fourth-order valence-electron chi connectivity index (χ4n) is 2.32. The van der Waals surface area contributed by atoms with E-state index in [0.717, 1.165) is 12.3 Å². The number of hydrogen-bond donors (Lipinski definition) is 2. The highest BCUT2D eigenvalue weighted by Crippen LogP contribution is 2.29. The highest BCUT2D eigenvalue weighted by molar-refractivity contribution is 7.90. The molecule has 0 heterocycles. The summed E-state index contributed by atoms with van der Waals surface area (Å²) in [4.78, 5) is 11.6. The summed E-state index contributed by atoms with van der Waals surface area (Å²) < 4.78 is 47.6. The third-order valence-corrected chi connectivity index (χ3v) is 4.60. The number of carbonyl (C=O) groups is 1. The average Bonchev–Trinajstić information content (AvgIpc) is 2.58.